The fourth-order valence-electron chi connectivity index (χ4n) is 2.08. The molecule has 0 aliphatic carbocycles. The minimum Gasteiger partial charge on any atom is -0.496 e. The SMILES string of the molecule is COc1ccccc1CCNC(=O)COC(=O)c1sccc1C. The molecule has 1 N–H and O–H groups in total. The van der Waals surface area contributed by atoms with Crippen LogP contribution in [0.1, 0.15) is 20.8 Å². The van der Waals surface area contributed by atoms with Crippen LogP contribution in [0.25, 0.3) is 0 Å². The summed E-state index contributed by atoms with van der Waals surface area (Å²) in [5.41, 5.74) is 1.87. The predicted molar refractivity (Wildman–Crippen MR) is 89.0 cm³/mol. The quantitative estimate of drug-likeness (QED) is 0.791. The van der Waals surface area contributed by atoms with Crippen LogP contribution >= 0.6 is 11.3 Å². The Morgan fingerprint density at radius 2 is 2.00 bits per heavy atom. The molecule has 1 aromatic heterocycles. The predicted octanol–water partition coefficient (Wildman–Crippen LogP) is 2.58. The standard InChI is InChI=1S/C17H19NO4S/c1-12-8-10-23-16(12)17(20)22-11-15(19)18-9-7-13-5-3-4-6-14(13)21-2/h3-6,8,10H,7,9,11H2,1-2H3,(H,18,19). The first kappa shape index (κ1) is 17.0. The number of ether oxygens (including phenoxy) is 2. The third-order valence-electron chi connectivity index (χ3n) is 3.29. The molecule has 0 fully saturated rings. The second kappa shape index (κ2) is 8.33. The molecule has 0 saturated carbocycles. The average Bonchev–Trinajstić information content (AvgIpc) is 2.99. The molecule has 1 amide bonds. The number of benzene rings is 1. The van der Waals surface area contributed by atoms with E-state index in [0.29, 0.717) is 17.8 Å². The number of aryl methyl sites for hydroxylation is 1. The molecule has 0 unspecified atom stereocenters. The molecule has 5 nitrogen and oxygen atoms in total. The molecule has 0 aliphatic heterocycles. The van der Waals surface area contributed by atoms with Gasteiger partial charge in [0.1, 0.15) is 10.6 Å². The molecule has 0 aliphatic rings. The number of rotatable bonds is 7. The van der Waals surface area contributed by atoms with Crippen LogP contribution in [0.5, 0.6) is 5.75 Å². The van der Waals surface area contributed by atoms with Crippen molar-refractivity contribution in [1.82, 2.24) is 5.32 Å². The van der Waals surface area contributed by atoms with Crippen molar-refractivity contribution >= 4 is 23.2 Å². The summed E-state index contributed by atoms with van der Waals surface area (Å²) in [5.74, 6) is 0.0150. The number of hydrogen-bond donors (Lipinski definition) is 1. The number of thiophene rings is 1. The normalized spacial score (nSPS) is 10.2. The highest BCUT2D eigenvalue weighted by Crippen LogP contribution is 2.17. The maximum atomic E-state index is 11.8. The number of esters is 1. The second-order valence-corrected chi connectivity index (χ2v) is 5.84. The zero-order valence-electron chi connectivity index (χ0n) is 13.1. The molecule has 0 atom stereocenters. The van der Waals surface area contributed by atoms with Gasteiger partial charge in [0, 0.05) is 6.54 Å². The summed E-state index contributed by atoms with van der Waals surface area (Å²) in [6.45, 7) is 2.01. The third-order valence-corrected chi connectivity index (χ3v) is 4.29. The molecule has 0 radical (unpaired) electrons. The molecular weight excluding hydrogens is 314 g/mol. The molecule has 0 spiro atoms. The Bertz CT molecular complexity index is 681. The average molecular weight is 333 g/mol. The molecule has 2 aromatic rings. The first-order valence-corrected chi connectivity index (χ1v) is 8.09. The van der Waals surface area contributed by atoms with Gasteiger partial charge in [-0.15, -0.1) is 11.3 Å². The van der Waals surface area contributed by atoms with Crippen LogP contribution in [-0.4, -0.2) is 32.1 Å². The smallest absolute Gasteiger partial charge is 0.349 e. The maximum Gasteiger partial charge on any atom is 0.349 e. The summed E-state index contributed by atoms with van der Waals surface area (Å²) in [5, 5.41) is 4.55. The Kier molecular flexibility index (Phi) is 6.17. The van der Waals surface area contributed by atoms with Crippen LogP contribution in [0.2, 0.25) is 0 Å². The van der Waals surface area contributed by atoms with Gasteiger partial charge in [-0.05, 0) is 42.0 Å². The van der Waals surface area contributed by atoms with E-state index < -0.39 is 5.97 Å². The van der Waals surface area contributed by atoms with Crippen molar-refractivity contribution < 1.29 is 19.1 Å². The van der Waals surface area contributed by atoms with Crippen molar-refractivity contribution in [3.63, 3.8) is 0 Å². The van der Waals surface area contributed by atoms with Crippen LogP contribution in [-0.2, 0) is 16.0 Å². The second-order valence-electron chi connectivity index (χ2n) is 4.92. The summed E-state index contributed by atoms with van der Waals surface area (Å²) in [6.07, 6.45) is 0.647. The van der Waals surface area contributed by atoms with E-state index in [9.17, 15) is 9.59 Å². The fourth-order valence-corrected chi connectivity index (χ4v) is 2.89. The van der Waals surface area contributed by atoms with Crippen molar-refractivity contribution in [3.8, 4) is 5.75 Å². The number of carbonyl (C=O) groups excluding carboxylic acids is 2. The summed E-state index contributed by atoms with van der Waals surface area (Å²) in [4.78, 5) is 24.1. The third kappa shape index (κ3) is 4.82. The number of hydrogen-bond acceptors (Lipinski definition) is 5. The Labute approximate surface area is 139 Å². The largest absolute Gasteiger partial charge is 0.496 e. The van der Waals surface area contributed by atoms with Gasteiger partial charge in [-0.25, -0.2) is 4.79 Å². The van der Waals surface area contributed by atoms with Crippen molar-refractivity contribution in [1.29, 1.82) is 0 Å². The van der Waals surface area contributed by atoms with Crippen LogP contribution in [0.3, 0.4) is 0 Å². The molecule has 23 heavy (non-hydrogen) atoms. The topological polar surface area (TPSA) is 64.6 Å². The van der Waals surface area contributed by atoms with E-state index in [0.717, 1.165) is 16.9 Å². The zero-order chi connectivity index (χ0) is 16.7. The maximum absolute atomic E-state index is 11.8. The van der Waals surface area contributed by atoms with Crippen LogP contribution in [0.15, 0.2) is 35.7 Å². The minimum absolute atomic E-state index is 0.276. The van der Waals surface area contributed by atoms with Gasteiger partial charge in [0.05, 0.1) is 7.11 Å². The molecule has 0 saturated heterocycles. The lowest BCUT2D eigenvalue weighted by Crippen LogP contribution is -2.30. The van der Waals surface area contributed by atoms with Crippen molar-refractivity contribution in [2.24, 2.45) is 0 Å². The summed E-state index contributed by atoms with van der Waals surface area (Å²) in [7, 11) is 1.61. The van der Waals surface area contributed by atoms with Gasteiger partial charge in [0.25, 0.3) is 5.91 Å². The highest BCUT2D eigenvalue weighted by Gasteiger charge is 2.13. The van der Waals surface area contributed by atoms with Gasteiger partial charge in [0.15, 0.2) is 6.61 Å². The molecule has 1 heterocycles. The minimum atomic E-state index is -0.461. The van der Waals surface area contributed by atoms with Crippen molar-refractivity contribution in [3.05, 3.63) is 51.7 Å². The van der Waals surface area contributed by atoms with Crippen LogP contribution < -0.4 is 10.1 Å². The van der Waals surface area contributed by atoms with Gasteiger partial charge in [0.2, 0.25) is 0 Å². The van der Waals surface area contributed by atoms with Crippen molar-refractivity contribution in [2.45, 2.75) is 13.3 Å². The summed E-state index contributed by atoms with van der Waals surface area (Å²) < 4.78 is 10.3. The van der Waals surface area contributed by atoms with E-state index in [1.54, 1.807) is 7.11 Å². The highest BCUT2D eigenvalue weighted by molar-refractivity contribution is 7.12. The molecule has 122 valence electrons. The zero-order valence-corrected chi connectivity index (χ0v) is 13.9. The number of carbonyl (C=O) groups is 2. The number of nitrogens with one attached hydrogen (secondary N) is 1. The number of amides is 1. The molecule has 1 aromatic carbocycles. The van der Waals surface area contributed by atoms with Gasteiger partial charge >= 0.3 is 5.97 Å². The van der Waals surface area contributed by atoms with Crippen LogP contribution in [0, 0.1) is 6.92 Å². The van der Waals surface area contributed by atoms with E-state index >= 15 is 0 Å². The molecule has 6 heteroatoms. The lowest BCUT2D eigenvalue weighted by molar-refractivity contribution is -0.124. The summed E-state index contributed by atoms with van der Waals surface area (Å²) in [6, 6.07) is 9.49. The number of methoxy groups -OCH3 is 1. The fraction of sp³-hybridized carbons (Fsp3) is 0.294. The van der Waals surface area contributed by atoms with Crippen LogP contribution in [0.4, 0.5) is 0 Å². The molecule has 0 bridgehead atoms. The first-order valence-electron chi connectivity index (χ1n) is 7.21. The molecular formula is C17H19NO4S. The Morgan fingerprint density at radius 3 is 2.70 bits per heavy atom. The van der Waals surface area contributed by atoms with Gasteiger partial charge in [-0.1, -0.05) is 18.2 Å². The lowest BCUT2D eigenvalue weighted by atomic mass is 10.1. The lowest BCUT2D eigenvalue weighted by Gasteiger charge is -2.09. The van der Waals surface area contributed by atoms with E-state index in [-0.39, 0.29) is 12.5 Å². The Morgan fingerprint density at radius 1 is 1.22 bits per heavy atom. The van der Waals surface area contributed by atoms with Crippen molar-refractivity contribution in [2.75, 3.05) is 20.3 Å². The Balaban J connectivity index is 1.73. The van der Waals surface area contributed by atoms with E-state index in [2.05, 4.69) is 5.32 Å². The monoisotopic (exact) mass is 333 g/mol. The molecule has 2 rings (SSSR count). The van der Waals surface area contributed by atoms with E-state index in [1.165, 1.54) is 11.3 Å². The van der Waals surface area contributed by atoms with Gasteiger partial charge < -0.3 is 14.8 Å². The van der Waals surface area contributed by atoms with E-state index in [4.69, 9.17) is 9.47 Å². The highest BCUT2D eigenvalue weighted by atomic mass is 32.1. The Hall–Kier alpha value is -2.34. The van der Waals surface area contributed by atoms with Gasteiger partial charge in [-0.3, -0.25) is 4.79 Å². The summed E-state index contributed by atoms with van der Waals surface area (Å²) >= 11 is 1.31. The number of para-hydroxylation sites is 1. The van der Waals surface area contributed by atoms with E-state index in [1.807, 2.05) is 42.6 Å². The first-order chi connectivity index (χ1) is 11.1. The van der Waals surface area contributed by atoms with Gasteiger partial charge in [-0.2, -0.15) is 0 Å².